The van der Waals surface area contributed by atoms with Crippen LogP contribution in [0.3, 0.4) is 0 Å². The van der Waals surface area contributed by atoms with Crippen LogP contribution in [0.25, 0.3) is 127 Å². The first kappa shape index (κ1) is 38.6. The largest absolute Gasteiger partial charge is 0.354 e. The molecule has 13 rings (SSSR count). The van der Waals surface area contributed by atoms with Crippen molar-refractivity contribution in [3.05, 3.63) is 166 Å². The second kappa shape index (κ2) is 16.0. The molecule has 0 fully saturated rings. The van der Waals surface area contributed by atoms with E-state index in [4.69, 9.17) is 9.97 Å². The molecule has 0 aromatic carbocycles. The van der Waals surface area contributed by atoms with Gasteiger partial charge in [-0.1, -0.05) is 24.3 Å². The number of nitrogens with one attached hydrogen (secondary N) is 2. The molecule has 8 bridgehead atoms. The topological polar surface area (TPSA) is 57.4 Å². The Morgan fingerprint density at radius 3 is 0.750 bits per heavy atom. The van der Waals surface area contributed by atoms with Gasteiger partial charge in [0, 0.05) is 103 Å². The average Bonchev–Trinajstić information content (AvgIpc) is 4.16. The smallest absolute Gasteiger partial charge is 0.0745 e. The van der Waals surface area contributed by atoms with Gasteiger partial charge in [-0.25, -0.2) is 9.97 Å². The summed E-state index contributed by atoms with van der Waals surface area (Å²) >= 11 is 14.3. The molecule has 0 atom stereocenters. The number of aromatic amines is 2. The van der Waals surface area contributed by atoms with Gasteiger partial charge < -0.3 is 9.97 Å². The number of fused-ring (bicyclic) bond motifs is 8. The standard InChI is InChI=1S/C52H30N4S8/c1-5-37(57-25-1)41-17-21-45(61-41)49-29-9-11-31(53-29)50(46-22-18-42(62-46)38-6-2-26-58-38)33-13-15-35(55-33)52(48-24-20-44(64-48)40-8-4-28-60-40)36-16-14-34(56-36)51(32-12-10-30(49)54-32)47-23-19-43(63-47)39-7-3-27-59-39/h1-28,53,56H. The van der Waals surface area contributed by atoms with Crippen LogP contribution in [0.4, 0.5) is 0 Å². The minimum absolute atomic E-state index is 0.924. The van der Waals surface area contributed by atoms with Gasteiger partial charge in [0.25, 0.3) is 0 Å². The molecule has 0 amide bonds. The van der Waals surface area contributed by atoms with Crippen molar-refractivity contribution in [2.24, 2.45) is 0 Å². The maximum Gasteiger partial charge on any atom is 0.0745 e. The third-order valence-corrected chi connectivity index (χ3v) is 19.9. The molecule has 64 heavy (non-hydrogen) atoms. The van der Waals surface area contributed by atoms with Crippen molar-refractivity contribution in [3.63, 3.8) is 0 Å². The van der Waals surface area contributed by atoms with E-state index in [1.54, 1.807) is 45.3 Å². The van der Waals surface area contributed by atoms with E-state index in [0.29, 0.717) is 0 Å². The van der Waals surface area contributed by atoms with Gasteiger partial charge >= 0.3 is 0 Å². The van der Waals surface area contributed by atoms with Crippen LogP contribution in [-0.4, -0.2) is 19.9 Å². The highest BCUT2D eigenvalue weighted by Gasteiger charge is 2.22. The molecular formula is C52H30N4S8. The molecule has 0 unspecified atom stereocenters. The Morgan fingerprint density at radius 2 is 0.516 bits per heavy atom. The van der Waals surface area contributed by atoms with E-state index < -0.39 is 0 Å². The lowest BCUT2D eigenvalue weighted by molar-refractivity contribution is 1.32. The summed E-state index contributed by atoms with van der Waals surface area (Å²) in [5.74, 6) is 0. The molecule has 0 saturated carbocycles. The number of rotatable bonds is 8. The second-order valence-electron chi connectivity index (χ2n) is 15.1. The summed E-state index contributed by atoms with van der Waals surface area (Å²) in [6, 6.07) is 44.2. The molecule has 0 spiro atoms. The highest BCUT2D eigenvalue weighted by molar-refractivity contribution is 7.25. The Morgan fingerprint density at radius 1 is 0.266 bits per heavy atom. The maximum atomic E-state index is 5.58. The molecule has 13 heterocycles. The lowest BCUT2D eigenvalue weighted by atomic mass is 10.1. The summed E-state index contributed by atoms with van der Waals surface area (Å²) in [6.45, 7) is 0. The Bertz CT molecular complexity index is 3240. The lowest BCUT2D eigenvalue weighted by Crippen LogP contribution is -1.87. The third kappa shape index (κ3) is 6.84. The maximum absolute atomic E-state index is 5.58. The van der Waals surface area contributed by atoms with Crippen molar-refractivity contribution in [2.75, 3.05) is 0 Å². The highest BCUT2D eigenvalue weighted by Crippen LogP contribution is 2.46. The summed E-state index contributed by atoms with van der Waals surface area (Å²) < 4.78 is 0. The summed E-state index contributed by atoms with van der Waals surface area (Å²) in [7, 11) is 0. The van der Waals surface area contributed by atoms with E-state index in [0.717, 1.165) is 86.6 Å². The second-order valence-corrected chi connectivity index (χ2v) is 23.2. The van der Waals surface area contributed by atoms with Crippen molar-refractivity contribution < 1.29 is 0 Å². The zero-order chi connectivity index (χ0) is 42.1. The normalized spacial score (nSPS) is 12.2. The van der Waals surface area contributed by atoms with E-state index in [-0.39, 0.29) is 0 Å². The predicted molar refractivity (Wildman–Crippen MR) is 285 cm³/mol. The lowest BCUT2D eigenvalue weighted by Gasteiger charge is -2.04. The van der Waals surface area contributed by atoms with Gasteiger partial charge in [-0.15, -0.1) is 90.7 Å². The van der Waals surface area contributed by atoms with Gasteiger partial charge in [0.1, 0.15) is 0 Å². The molecule has 11 aromatic heterocycles. The summed E-state index contributed by atoms with van der Waals surface area (Å²) in [5.41, 5.74) is 12.0. The van der Waals surface area contributed by atoms with Crippen LogP contribution in [0.1, 0.15) is 22.8 Å². The molecular weight excluding hydrogens is 937 g/mol. The SMILES string of the molecule is C1=Cc2nc1c(-c1ccc(-c3cccs3)s1)c1ccc([nH]1)c(-c1ccc(-c3cccs3)s1)c1nc(c(-c3ccc(-c4cccs4)s3)c3ccc([nH]3)c2-c2ccc(-c3cccs3)s2)C=C1. The van der Waals surface area contributed by atoms with E-state index in [1.807, 2.05) is 45.3 Å². The molecule has 12 heteroatoms. The van der Waals surface area contributed by atoms with Crippen LogP contribution in [-0.2, 0) is 0 Å². The quantitative estimate of drug-likeness (QED) is 0.159. The first-order chi connectivity index (χ1) is 31.7. The summed E-state index contributed by atoms with van der Waals surface area (Å²) in [5, 5.41) is 8.58. The van der Waals surface area contributed by atoms with Gasteiger partial charge in [0.15, 0.2) is 0 Å². The summed E-state index contributed by atoms with van der Waals surface area (Å²) in [6.07, 6.45) is 8.79. The Hall–Kier alpha value is -5.80. The number of nitrogens with zero attached hydrogens (tertiary/aromatic N) is 2. The Labute approximate surface area is 399 Å². The zero-order valence-electron chi connectivity index (χ0n) is 33.3. The van der Waals surface area contributed by atoms with Crippen molar-refractivity contribution in [3.8, 4) is 80.8 Å². The monoisotopic (exact) mass is 966 g/mol. The number of thiophene rings is 8. The first-order valence-corrected chi connectivity index (χ1v) is 27.2. The van der Waals surface area contributed by atoms with E-state index in [9.17, 15) is 0 Å². The number of aromatic nitrogens is 4. The van der Waals surface area contributed by atoms with Crippen LogP contribution < -0.4 is 0 Å². The molecule has 2 aliphatic rings. The minimum Gasteiger partial charge on any atom is -0.354 e. The van der Waals surface area contributed by atoms with E-state index in [2.05, 4.69) is 177 Å². The summed E-state index contributed by atoms with van der Waals surface area (Å²) in [4.78, 5) is 33.7. The third-order valence-electron chi connectivity index (χ3n) is 11.2. The number of hydrogen-bond acceptors (Lipinski definition) is 10. The predicted octanol–water partition coefficient (Wildman–Crippen LogP) is 18.5. The van der Waals surface area contributed by atoms with Gasteiger partial charge in [-0.05, 0) is 143 Å². The molecule has 0 radical (unpaired) electrons. The number of hydrogen-bond donors (Lipinski definition) is 2. The molecule has 11 aromatic rings. The fraction of sp³-hybridized carbons (Fsp3) is 0. The molecule has 306 valence electrons. The molecule has 2 N–H and O–H groups in total. The first-order valence-electron chi connectivity index (χ1n) is 20.4. The fourth-order valence-electron chi connectivity index (χ4n) is 8.34. The zero-order valence-corrected chi connectivity index (χ0v) is 39.9. The van der Waals surface area contributed by atoms with Crippen molar-refractivity contribution >= 4 is 137 Å². The fourth-order valence-corrected chi connectivity index (χ4v) is 16.0. The highest BCUT2D eigenvalue weighted by atomic mass is 32.1. The van der Waals surface area contributed by atoms with Crippen LogP contribution >= 0.6 is 90.7 Å². The molecule has 2 aliphatic heterocycles. The molecule has 4 nitrogen and oxygen atoms in total. The van der Waals surface area contributed by atoms with E-state index >= 15 is 0 Å². The van der Waals surface area contributed by atoms with Crippen LogP contribution in [0.15, 0.2) is 143 Å². The Kier molecular flexibility index (Phi) is 9.67. The Balaban J connectivity index is 1.13. The van der Waals surface area contributed by atoms with Gasteiger partial charge in [0.2, 0.25) is 0 Å². The van der Waals surface area contributed by atoms with Crippen molar-refractivity contribution in [1.82, 2.24) is 19.9 Å². The van der Waals surface area contributed by atoms with E-state index in [1.165, 1.54) is 39.0 Å². The van der Waals surface area contributed by atoms with Crippen LogP contribution in [0, 0.1) is 0 Å². The number of H-pyrrole nitrogens is 2. The van der Waals surface area contributed by atoms with Crippen molar-refractivity contribution in [2.45, 2.75) is 0 Å². The van der Waals surface area contributed by atoms with Crippen molar-refractivity contribution in [1.29, 1.82) is 0 Å². The van der Waals surface area contributed by atoms with Gasteiger partial charge in [-0.3, -0.25) is 0 Å². The van der Waals surface area contributed by atoms with Gasteiger partial charge in [0.05, 0.1) is 22.8 Å². The molecule has 0 saturated heterocycles. The van der Waals surface area contributed by atoms with Crippen LogP contribution in [0.5, 0.6) is 0 Å². The molecule has 0 aliphatic carbocycles. The van der Waals surface area contributed by atoms with Gasteiger partial charge in [-0.2, -0.15) is 0 Å². The van der Waals surface area contributed by atoms with Crippen LogP contribution in [0.2, 0.25) is 0 Å². The average molecular weight is 967 g/mol. The minimum atomic E-state index is 0.924.